The molecule has 5 heteroatoms. The minimum absolute atomic E-state index is 0.195. The first-order valence-electron chi connectivity index (χ1n) is 10.6. The van der Waals surface area contributed by atoms with E-state index in [1.54, 1.807) is 14.2 Å². The second kappa shape index (κ2) is 7.99. The Morgan fingerprint density at radius 1 is 0.774 bits per heavy atom. The molecule has 2 aliphatic rings. The second-order valence-electron chi connectivity index (χ2n) is 7.99. The first-order chi connectivity index (χ1) is 15.2. The minimum Gasteiger partial charge on any atom is -0.497 e. The van der Waals surface area contributed by atoms with Crippen molar-refractivity contribution in [3.8, 4) is 22.6 Å². The number of rotatable bonds is 4. The third-order valence-corrected chi connectivity index (χ3v) is 6.37. The number of hydrogen-bond donors (Lipinski definition) is 0. The molecule has 0 radical (unpaired) electrons. The molecule has 0 bridgehead atoms. The van der Waals surface area contributed by atoms with E-state index in [-0.39, 0.29) is 11.8 Å². The number of carbonyl (C=O) groups excluding carboxylic acids is 1. The predicted octanol–water partition coefficient (Wildman–Crippen LogP) is 4.16. The molecule has 1 heterocycles. The van der Waals surface area contributed by atoms with E-state index in [0.29, 0.717) is 13.1 Å². The van der Waals surface area contributed by atoms with Crippen LogP contribution in [0, 0.1) is 0 Å². The molecular weight excluding hydrogens is 388 g/mol. The second-order valence-corrected chi connectivity index (χ2v) is 7.99. The van der Waals surface area contributed by atoms with Crippen LogP contribution < -0.4 is 14.4 Å². The average molecular weight is 415 g/mol. The number of benzene rings is 3. The van der Waals surface area contributed by atoms with Gasteiger partial charge in [-0.2, -0.15) is 0 Å². The lowest BCUT2D eigenvalue weighted by molar-refractivity contribution is -0.132. The van der Waals surface area contributed by atoms with Crippen molar-refractivity contribution in [1.29, 1.82) is 0 Å². The van der Waals surface area contributed by atoms with E-state index in [2.05, 4.69) is 29.2 Å². The number of nitrogens with zero attached hydrogens (tertiary/aromatic N) is 2. The Hall–Kier alpha value is -3.47. The molecule has 158 valence electrons. The van der Waals surface area contributed by atoms with Crippen molar-refractivity contribution >= 4 is 11.6 Å². The number of anilines is 1. The van der Waals surface area contributed by atoms with Gasteiger partial charge in [-0.25, -0.2) is 0 Å². The van der Waals surface area contributed by atoms with E-state index in [1.807, 2.05) is 47.4 Å². The van der Waals surface area contributed by atoms with Gasteiger partial charge in [0.15, 0.2) is 0 Å². The molecule has 0 spiro atoms. The lowest BCUT2D eigenvalue weighted by Gasteiger charge is -2.37. The van der Waals surface area contributed by atoms with E-state index in [1.165, 1.54) is 11.1 Å². The number of carbonyl (C=O) groups is 1. The Kier molecular flexibility index (Phi) is 5.02. The number of fused-ring (bicyclic) bond motifs is 3. The van der Waals surface area contributed by atoms with Crippen LogP contribution in [0.25, 0.3) is 11.1 Å². The van der Waals surface area contributed by atoms with Crippen molar-refractivity contribution < 1.29 is 14.3 Å². The van der Waals surface area contributed by atoms with Gasteiger partial charge in [0.1, 0.15) is 11.5 Å². The van der Waals surface area contributed by atoms with E-state index >= 15 is 0 Å². The van der Waals surface area contributed by atoms with Crippen LogP contribution in [0.2, 0.25) is 0 Å². The summed E-state index contributed by atoms with van der Waals surface area (Å²) in [5.41, 5.74) is 5.65. The highest BCUT2D eigenvalue weighted by Gasteiger charge is 2.36. The van der Waals surface area contributed by atoms with E-state index in [9.17, 15) is 4.79 Å². The number of ether oxygens (including phenoxy) is 2. The minimum atomic E-state index is -0.212. The summed E-state index contributed by atoms with van der Waals surface area (Å²) in [6.07, 6.45) is 0. The van der Waals surface area contributed by atoms with Crippen LogP contribution in [0.4, 0.5) is 5.69 Å². The molecule has 1 aliphatic heterocycles. The van der Waals surface area contributed by atoms with Crippen molar-refractivity contribution in [3.05, 3.63) is 77.9 Å². The molecule has 31 heavy (non-hydrogen) atoms. The molecule has 0 N–H and O–H groups in total. The standard InChI is InChI=1S/C26H26N2O3/c1-30-19-15-18(16-20(17-19)31-2)27-11-13-28(14-12-27)26(29)25-23-9-5-3-7-21(23)22-8-4-6-10-24(22)25/h3-10,15-17,25H,11-14H2,1-2H3. The molecule has 3 aromatic carbocycles. The molecule has 5 nitrogen and oxygen atoms in total. The zero-order valence-corrected chi connectivity index (χ0v) is 17.9. The van der Waals surface area contributed by atoms with Crippen LogP contribution in [0.5, 0.6) is 11.5 Å². The Morgan fingerprint density at radius 2 is 1.29 bits per heavy atom. The smallest absolute Gasteiger partial charge is 0.234 e. The van der Waals surface area contributed by atoms with Gasteiger partial charge in [0.2, 0.25) is 5.91 Å². The van der Waals surface area contributed by atoms with Gasteiger partial charge < -0.3 is 19.3 Å². The van der Waals surface area contributed by atoms with Crippen molar-refractivity contribution in [2.24, 2.45) is 0 Å². The largest absolute Gasteiger partial charge is 0.497 e. The zero-order valence-electron chi connectivity index (χ0n) is 17.9. The van der Waals surface area contributed by atoms with Crippen molar-refractivity contribution in [1.82, 2.24) is 4.90 Å². The number of amides is 1. The van der Waals surface area contributed by atoms with Gasteiger partial charge in [-0.15, -0.1) is 0 Å². The first kappa shape index (κ1) is 19.5. The lowest BCUT2D eigenvalue weighted by atomic mass is 9.95. The fourth-order valence-corrected chi connectivity index (χ4v) is 4.76. The Balaban J connectivity index is 1.36. The topological polar surface area (TPSA) is 42.0 Å². The fourth-order valence-electron chi connectivity index (χ4n) is 4.76. The molecule has 0 atom stereocenters. The summed E-state index contributed by atoms with van der Waals surface area (Å²) in [5, 5.41) is 0. The zero-order chi connectivity index (χ0) is 21.4. The van der Waals surface area contributed by atoms with Gasteiger partial charge in [0, 0.05) is 50.1 Å². The maximum atomic E-state index is 13.6. The van der Waals surface area contributed by atoms with E-state index in [0.717, 1.165) is 41.4 Å². The van der Waals surface area contributed by atoms with Gasteiger partial charge >= 0.3 is 0 Å². The molecule has 1 aliphatic carbocycles. The highest BCUT2D eigenvalue weighted by atomic mass is 16.5. The van der Waals surface area contributed by atoms with Gasteiger partial charge in [0.05, 0.1) is 20.1 Å². The highest BCUT2D eigenvalue weighted by Crippen LogP contribution is 2.45. The fraction of sp³-hybridized carbons (Fsp3) is 0.269. The Labute approximate surface area is 182 Å². The van der Waals surface area contributed by atoms with Gasteiger partial charge in [-0.3, -0.25) is 4.79 Å². The molecule has 1 amide bonds. The van der Waals surface area contributed by atoms with Crippen LogP contribution >= 0.6 is 0 Å². The van der Waals surface area contributed by atoms with Crippen molar-refractivity contribution in [2.75, 3.05) is 45.3 Å². The summed E-state index contributed by atoms with van der Waals surface area (Å²) in [6, 6.07) is 22.5. The van der Waals surface area contributed by atoms with Crippen LogP contribution in [-0.4, -0.2) is 51.2 Å². The maximum Gasteiger partial charge on any atom is 0.234 e. The summed E-state index contributed by atoms with van der Waals surface area (Å²) in [7, 11) is 3.32. The molecule has 0 saturated carbocycles. The monoisotopic (exact) mass is 414 g/mol. The molecule has 3 aromatic rings. The molecule has 1 saturated heterocycles. The van der Waals surface area contributed by atoms with Crippen molar-refractivity contribution in [3.63, 3.8) is 0 Å². The number of piperazine rings is 1. The molecule has 0 aromatic heterocycles. The third kappa shape index (κ3) is 3.40. The summed E-state index contributed by atoms with van der Waals surface area (Å²) < 4.78 is 10.8. The Morgan fingerprint density at radius 3 is 1.81 bits per heavy atom. The first-order valence-corrected chi connectivity index (χ1v) is 10.6. The molecular formula is C26H26N2O3. The van der Waals surface area contributed by atoms with Gasteiger partial charge in [-0.05, 0) is 22.3 Å². The number of methoxy groups -OCH3 is 2. The third-order valence-electron chi connectivity index (χ3n) is 6.37. The van der Waals surface area contributed by atoms with Crippen LogP contribution in [0.1, 0.15) is 17.0 Å². The van der Waals surface area contributed by atoms with Gasteiger partial charge in [0.25, 0.3) is 0 Å². The summed E-state index contributed by atoms with van der Waals surface area (Å²) >= 11 is 0. The van der Waals surface area contributed by atoms with Gasteiger partial charge in [-0.1, -0.05) is 48.5 Å². The van der Waals surface area contributed by atoms with Crippen LogP contribution in [0.3, 0.4) is 0 Å². The highest BCUT2D eigenvalue weighted by molar-refractivity contribution is 5.96. The quantitative estimate of drug-likeness (QED) is 0.643. The Bertz CT molecular complexity index is 1050. The molecule has 5 rings (SSSR count). The molecule has 0 unspecified atom stereocenters. The summed E-state index contributed by atoms with van der Waals surface area (Å²) in [5.74, 6) is 1.52. The SMILES string of the molecule is COc1cc(OC)cc(N2CCN(C(=O)C3c4ccccc4-c4ccccc43)CC2)c1. The summed E-state index contributed by atoms with van der Waals surface area (Å²) in [6.45, 7) is 2.94. The molecule has 1 fully saturated rings. The van der Waals surface area contributed by atoms with E-state index < -0.39 is 0 Å². The van der Waals surface area contributed by atoms with Crippen molar-refractivity contribution in [2.45, 2.75) is 5.92 Å². The summed E-state index contributed by atoms with van der Waals surface area (Å²) in [4.78, 5) is 17.9. The number of hydrogen-bond acceptors (Lipinski definition) is 4. The average Bonchev–Trinajstić information content (AvgIpc) is 3.18. The van der Waals surface area contributed by atoms with Crippen LogP contribution in [0.15, 0.2) is 66.7 Å². The maximum absolute atomic E-state index is 13.6. The lowest BCUT2D eigenvalue weighted by Crippen LogP contribution is -2.50. The predicted molar refractivity (Wildman–Crippen MR) is 122 cm³/mol. The van der Waals surface area contributed by atoms with E-state index in [4.69, 9.17) is 9.47 Å². The normalized spacial score (nSPS) is 15.4. The van der Waals surface area contributed by atoms with Crippen LogP contribution in [-0.2, 0) is 4.79 Å².